The van der Waals surface area contributed by atoms with Crippen molar-refractivity contribution in [1.29, 1.82) is 0 Å². The van der Waals surface area contributed by atoms with Gasteiger partial charge in [-0.1, -0.05) is 21.5 Å². The number of hydrogen-bond donors (Lipinski definition) is 0. The number of nitrogens with zero attached hydrogens (tertiary/aromatic N) is 3. The molecule has 0 aromatic heterocycles. The van der Waals surface area contributed by atoms with Crippen LogP contribution in [0.4, 0.5) is 17.1 Å². The van der Waals surface area contributed by atoms with Crippen LogP contribution in [0.1, 0.15) is 25.0 Å². The Labute approximate surface area is 236 Å². The number of fused-ring (bicyclic) bond motifs is 2. The summed E-state index contributed by atoms with van der Waals surface area (Å²) < 4.78 is 22.9. The number of methoxy groups -OCH3 is 4. The molecule has 0 spiro atoms. The molecule has 1 unspecified atom stereocenters. The number of ether oxygens (including phenoxy) is 4. The summed E-state index contributed by atoms with van der Waals surface area (Å²) in [6, 6.07) is 9.30. The van der Waals surface area contributed by atoms with E-state index in [4.69, 9.17) is 23.9 Å². The summed E-state index contributed by atoms with van der Waals surface area (Å²) in [5.74, 6) is 0. The SMILES string of the molecule is CCc1cc(N(CCOC)CCOC)cc2c1N=c1c(CC)cc(N(CCOC)CCOC)cc1=S2I. The molecule has 1 atom stereocenters. The van der Waals surface area contributed by atoms with E-state index in [-0.39, 0.29) is 7.66 Å². The molecule has 37 heavy (non-hydrogen) atoms. The highest BCUT2D eigenvalue weighted by Crippen LogP contribution is 2.48. The quantitative estimate of drug-likeness (QED) is 0.185. The summed E-state index contributed by atoms with van der Waals surface area (Å²) in [7, 11) is 6.87. The van der Waals surface area contributed by atoms with E-state index in [1.165, 1.54) is 31.9 Å². The molecule has 0 radical (unpaired) electrons. The highest BCUT2D eigenvalue weighted by molar-refractivity contribution is 14.2. The lowest BCUT2D eigenvalue weighted by molar-refractivity contribution is 0.190. The second kappa shape index (κ2) is 15.4. The first-order valence-electron chi connectivity index (χ1n) is 12.9. The third-order valence-corrected chi connectivity index (χ3v) is 10.9. The molecule has 0 saturated carbocycles. The van der Waals surface area contributed by atoms with Gasteiger partial charge in [-0.3, -0.25) is 0 Å². The fourth-order valence-corrected chi connectivity index (χ4v) is 7.90. The highest BCUT2D eigenvalue weighted by atomic mass is 127. The third kappa shape index (κ3) is 7.45. The molecule has 0 saturated heterocycles. The average molecular weight is 644 g/mol. The van der Waals surface area contributed by atoms with Gasteiger partial charge in [0, 0.05) is 75.4 Å². The molecule has 1 heterocycles. The van der Waals surface area contributed by atoms with Crippen LogP contribution in [0.15, 0.2) is 34.2 Å². The lowest BCUT2D eigenvalue weighted by Crippen LogP contribution is -2.31. The molecular formula is C28H42IN3O4S. The molecule has 0 aliphatic carbocycles. The van der Waals surface area contributed by atoms with Crippen LogP contribution >= 0.6 is 28.9 Å². The van der Waals surface area contributed by atoms with E-state index >= 15 is 0 Å². The van der Waals surface area contributed by atoms with Gasteiger partial charge in [-0.25, -0.2) is 4.99 Å². The van der Waals surface area contributed by atoms with Crippen LogP contribution in [-0.4, -0.2) is 81.0 Å². The molecule has 2 aromatic rings. The number of benzene rings is 2. The first-order chi connectivity index (χ1) is 18.0. The smallest absolute Gasteiger partial charge is 0.0809 e. The standard InChI is InChI=1S/C28H42IN3O4S/c1-7-21-17-23(31(9-13-33-3)10-14-34-4)19-25-27(21)30-28-22(8-2)18-24(20-26(28)37(25)29)32(11-15-35-5)12-16-36-6/h17-20H,7-16H2,1-6H3. The summed E-state index contributed by atoms with van der Waals surface area (Å²) in [4.78, 5) is 11.3. The minimum absolute atomic E-state index is 0.142. The zero-order valence-corrected chi connectivity index (χ0v) is 26.1. The summed E-state index contributed by atoms with van der Waals surface area (Å²) in [5, 5.41) is 1.15. The minimum Gasteiger partial charge on any atom is -0.383 e. The largest absolute Gasteiger partial charge is 0.383 e. The Balaban J connectivity index is 2.18. The molecule has 0 N–H and O–H groups in total. The normalized spacial score (nSPS) is 14.2. The fourth-order valence-electron chi connectivity index (χ4n) is 4.51. The van der Waals surface area contributed by atoms with Crippen molar-refractivity contribution >= 4 is 45.9 Å². The van der Waals surface area contributed by atoms with Gasteiger partial charge in [0.1, 0.15) is 0 Å². The lowest BCUT2D eigenvalue weighted by Gasteiger charge is -2.28. The zero-order chi connectivity index (χ0) is 26.8. The molecule has 1 aliphatic rings. The van der Waals surface area contributed by atoms with Crippen LogP contribution in [0.3, 0.4) is 0 Å². The molecule has 3 rings (SSSR count). The van der Waals surface area contributed by atoms with Crippen molar-refractivity contribution < 1.29 is 18.9 Å². The maximum Gasteiger partial charge on any atom is 0.0809 e. The number of aryl methyl sites for hydroxylation is 2. The Morgan fingerprint density at radius 1 is 0.703 bits per heavy atom. The lowest BCUT2D eigenvalue weighted by atomic mass is 10.1. The summed E-state index contributed by atoms with van der Waals surface area (Å²) in [5.41, 5.74) is 6.16. The van der Waals surface area contributed by atoms with Gasteiger partial charge in [-0.15, -0.1) is 0 Å². The molecule has 1 aliphatic heterocycles. The van der Waals surface area contributed by atoms with Crippen molar-refractivity contribution in [1.82, 2.24) is 0 Å². The summed E-state index contributed by atoms with van der Waals surface area (Å²) >= 11 is 2.63. The summed E-state index contributed by atoms with van der Waals surface area (Å²) in [6.07, 6.45) is 1.87. The average Bonchev–Trinajstić information content (AvgIpc) is 2.92. The van der Waals surface area contributed by atoms with E-state index in [1.807, 2.05) is 0 Å². The third-order valence-electron chi connectivity index (χ3n) is 6.64. The Hall–Kier alpha value is -1.24. The molecule has 7 nitrogen and oxygen atoms in total. The van der Waals surface area contributed by atoms with Crippen LogP contribution in [-0.2, 0) is 31.8 Å². The van der Waals surface area contributed by atoms with Crippen molar-refractivity contribution in [2.75, 3.05) is 90.8 Å². The Morgan fingerprint density at radius 3 is 1.62 bits per heavy atom. The minimum atomic E-state index is -0.142. The fraction of sp³-hybridized carbons (Fsp3) is 0.571. The molecule has 0 amide bonds. The molecule has 0 fully saturated rings. The topological polar surface area (TPSA) is 55.8 Å². The van der Waals surface area contributed by atoms with Crippen LogP contribution in [0.5, 0.6) is 0 Å². The molecule has 206 valence electrons. The highest BCUT2D eigenvalue weighted by Gasteiger charge is 2.20. The number of anilines is 2. The van der Waals surface area contributed by atoms with Crippen molar-refractivity contribution in [3.8, 4) is 0 Å². The number of hydrogen-bond acceptors (Lipinski definition) is 7. The van der Waals surface area contributed by atoms with Gasteiger partial charge < -0.3 is 28.7 Å². The van der Waals surface area contributed by atoms with Gasteiger partial charge in [0.25, 0.3) is 0 Å². The Kier molecular flexibility index (Phi) is 12.6. The molecule has 9 heteroatoms. The van der Waals surface area contributed by atoms with Crippen molar-refractivity contribution in [3.63, 3.8) is 0 Å². The van der Waals surface area contributed by atoms with Gasteiger partial charge in [0.2, 0.25) is 0 Å². The first kappa shape index (κ1) is 30.3. The Bertz CT molecular complexity index is 1150. The first-order valence-corrected chi connectivity index (χ1v) is 16.7. The molecule has 2 aromatic carbocycles. The van der Waals surface area contributed by atoms with E-state index in [9.17, 15) is 0 Å². The van der Waals surface area contributed by atoms with Gasteiger partial charge in [-0.2, -0.15) is 0 Å². The van der Waals surface area contributed by atoms with Gasteiger partial charge in [0.15, 0.2) is 0 Å². The maximum absolute atomic E-state index is 5.40. The van der Waals surface area contributed by atoms with Crippen molar-refractivity contribution in [2.45, 2.75) is 31.6 Å². The van der Waals surface area contributed by atoms with Crippen LogP contribution in [0.25, 0.3) is 0 Å². The predicted molar refractivity (Wildman–Crippen MR) is 163 cm³/mol. The van der Waals surface area contributed by atoms with E-state index in [0.29, 0.717) is 26.4 Å². The van der Waals surface area contributed by atoms with Crippen LogP contribution in [0.2, 0.25) is 0 Å². The number of rotatable bonds is 16. The number of halogens is 1. The van der Waals surface area contributed by atoms with Crippen LogP contribution < -0.4 is 15.2 Å². The summed E-state index contributed by atoms with van der Waals surface area (Å²) in [6.45, 7) is 10.4. The predicted octanol–water partition coefficient (Wildman–Crippen LogP) is 5.20. The Morgan fingerprint density at radius 2 is 1.16 bits per heavy atom. The maximum atomic E-state index is 5.40. The molecule has 0 bridgehead atoms. The van der Waals surface area contributed by atoms with Crippen molar-refractivity contribution in [2.24, 2.45) is 4.99 Å². The van der Waals surface area contributed by atoms with Crippen LogP contribution in [0, 0.1) is 4.51 Å². The monoisotopic (exact) mass is 643 g/mol. The van der Waals surface area contributed by atoms with Gasteiger partial charge in [0.05, 0.1) is 37.5 Å². The van der Waals surface area contributed by atoms with Gasteiger partial charge in [-0.05, 0) is 69.4 Å². The van der Waals surface area contributed by atoms with E-state index < -0.39 is 0 Å². The second-order valence-corrected chi connectivity index (χ2v) is 13.0. The molecular weight excluding hydrogens is 601 g/mol. The van der Waals surface area contributed by atoms with E-state index in [0.717, 1.165) is 50.1 Å². The van der Waals surface area contributed by atoms with E-state index in [2.05, 4.69) is 69.1 Å². The van der Waals surface area contributed by atoms with Gasteiger partial charge >= 0.3 is 0 Å². The van der Waals surface area contributed by atoms with Crippen molar-refractivity contribution in [3.05, 3.63) is 45.3 Å². The zero-order valence-electron chi connectivity index (χ0n) is 23.1. The second-order valence-electron chi connectivity index (χ2n) is 8.92. The van der Waals surface area contributed by atoms with E-state index in [1.54, 1.807) is 28.4 Å².